The molecular formula is C18H32N4O2. The highest BCUT2D eigenvalue weighted by molar-refractivity contribution is 5.92. The van der Waals surface area contributed by atoms with Gasteiger partial charge in [-0.1, -0.05) is 6.92 Å². The molecule has 1 aliphatic heterocycles. The highest BCUT2D eigenvalue weighted by Gasteiger charge is 2.31. The molecule has 1 saturated heterocycles. The summed E-state index contributed by atoms with van der Waals surface area (Å²) in [6.45, 7) is 14.9. The lowest BCUT2D eigenvalue weighted by molar-refractivity contribution is 0.0360. The highest BCUT2D eigenvalue weighted by Crippen LogP contribution is 2.18. The third-order valence-corrected chi connectivity index (χ3v) is 4.72. The number of hydrogen-bond donors (Lipinski definition) is 0. The average molecular weight is 336 g/mol. The first-order chi connectivity index (χ1) is 11.5. The lowest BCUT2D eigenvalue weighted by atomic mass is 10.1. The Labute approximate surface area is 145 Å². The number of carbonyl (C=O) groups is 1. The van der Waals surface area contributed by atoms with E-state index in [1.165, 1.54) is 0 Å². The van der Waals surface area contributed by atoms with Gasteiger partial charge in [-0.3, -0.25) is 14.4 Å². The summed E-state index contributed by atoms with van der Waals surface area (Å²) in [5.74, 6) is 0.0916. The molecule has 1 amide bonds. The Hall–Kier alpha value is -1.40. The zero-order valence-corrected chi connectivity index (χ0v) is 15.8. The normalized spacial score (nSPS) is 19.2. The molecule has 0 aliphatic carbocycles. The molecule has 24 heavy (non-hydrogen) atoms. The van der Waals surface area contributed by atoms with E-state index in [4.69, 9.17) is 4.74 Å². The molecule has 2 heterocycles. The summed E-state index contributed by atoms with van der Waals surface area (Å²) >= 11 is 0. The minimum atomic E-state index is 0.0916. The van der Waals surface area contributed by atoms with Crippen molar-refractivity contribution < 1.29 is 9.53 Å². The molecule has 0 saturated carbocycles. The largest absolute Gasteiger partial charge is 0.380 e. The fraction of sp³-hybridized carbons (Fsp3) is 0.778. The van der Waals surface area contributed by atoms with Crippen molar-refractivity contribution in [2.24, 2.45) is 0 Å². The second-order valence-electron chi connectivity index (χ2n) is 6.74. The third-order valence-electron chi connectivity index (χ3n) is 4.72. The van der Waals surface area contributed by atoms with Crippen molar-refractivity contribution >= 4 is 5.91 Å². The van der Waals surface area contributed by atoms with Crippen LogP contribution < -0.4 is 0 Å². The van der Waals surface area contributed by atoms with Crippen LogP contribution in [0.15, 0.2) is 6.07 Å². The van der Waals surface area contributed by atoms with Crippen LogP contribution in [0.2, 0.25) is 0 Å². The van der Waals surface area contributed by atoms with Crippen LogP contribution in [0.1, 0.15) is 50.3 Å². The minimum Gasteiger partial charge on any atom is -0.380 e. The summed E-state index contributed by atoms with van der Waals surface area (Å²) in [5, 5.41) is 4.46. The second kappa shape index (κ2) is 8.62. The number of ether oxygens (including phenoxy) is 1. The van der Waals surface area contributed by atoms with Gasteiger partial charge < -0.3 is 9.64 Å². The van der Waals surface area contributed by atoms with E-state index in [1.54, 1.807) is 4.68 Å². The van der Waals surface area contributed by atoms with Gasteiger partial charge in [0.05, 0.1) is 18.8 Å². The minimum absolute atomic E-state index is 0.0916. The molecule has 6 heteroatoms. The van der Waals surface area contributed by atoms with Crippen LogP contribution in [-0.4, -0.2) is 70.4 Å². The summed E-state index contributed by atoms with van der Waals surface area (Å²) in [5.41, 5.74) is 1.56. The van der Waals surface area contributed by atoms with Crippen molar-refractivity contribution in [3.63, 3.8) is 0 Å². The van der Waals surface area contributed by atoms with Gasteiger partial charge in [-0.25, -0.2) is 0 Å². The van der Waals surface area contributed by atoms with Crippen molar-refractivity contribution in [2.75, 3.05) is 32.8 Å². The molecule has 6 nitrogen and oxygen atoms in total. The Morgan fingerprint density at radius 1 is 1.38 bits per heavy atom. The zero-order chi connectivity index (χ0) is 17.7. The number of hydrogen-bond acceptors (Lipinski definition) is 4. The molecule has 0 aromatic carbocycles. The molecule has 1 fully saturated rings. The summed E-state index contributed by atoms with van der Waals surface area (Å²) < 4.78 is 7.20. The summed E-state index contributed by atoms with van der Waals surface area (Å²) in [4.78, 5) is 17.5. The molecule has 1 aromatic heterocycles. The van der Waals surface area contributed by atoms with Gasteiger partial charge in [0.15, 0.2) is 0 Å². The van der Waals surface area contributed by atoms with Gasteiger partial charge >= 0.3 is 0 Å². The van der Waals surface area contributed by atoms with E-state index in [1.807, 2.05) is 24.8 Å². The second-order valence-corrected chi connectivity index (χ2v) is 6.74. The summed E-state index contributed by atoms with van der Waals surface area (Å²) in [7, 11) is 0. The Bertz CT molecular complexity index is 541. The van der Waals surface area contributed by atoms with Gasteiger partial charge in [0.1, 0.15) is 5.69 Å². The van der Waals surface area contributed by atoms with Gasteiger partial charge in [0, 0.05) is 38.3 Å². The Morgan fingerprint density at radius 2 is 2.12 bits per heavy atom. The van der Waals surface area contributed by atoms with E-state index < -0.39 is 0 Å². The van der Waals surface area contributed by atoms with Crippen LogP contribution in [-0.2, 0) is 11.3 Å². The first-order valence-electron chi connectivity index (χ1n) is 9.15. The summed E-state index contributed by atoms with van der Waals surface area (Å²) in [6.07, 6.45) is 1.06. The van der Waals surface area contributed by atoms with Gasteiger partial charge in [-0.2, -0.15) is 5.10 Å². The highest BCUT2D eigenvalue weighted by atomic mass is 16.5. The van der Waals surface area contributed by atoms with E-state index >= 15 is 0 Å². The fourth-order valence-electron chi connectivity index (χ4n) is 3.44. The summed E-state index contributed by atoms with van der Waals surface area (Å²) in [6, 6.07) is 2.85. The molecule has 0 unspecified atom stereocenters. The quantitative estimate of drug-likeness (QED) is 0.716. The molecule has 0 N–H and O–H groups in total. The van der Waals surface area contributed by atoms with Crippen molar-refractivity contribution in [1.82, 2.24) is 19.6 Å². The molecule has 0 spiro atoms. The molecule has 0 radical (unpaired) electrons. The van der Waals surface area contributed by atoms with E-state index in [-0.39, 0.29) is 5.91 Å². The lowest BCUT2D eigenvalue weighted by Gasteiger charge is -2.43. The third kappa shape index (κ3) is 4.36. The SMILES string of the molecule is CCOCCn1nc(C)cc1C(=O)N1CCN(C(C)C)[C@@H](CC)C1. The number of amides is 1. The van der Waals surface area contributed by atoms with Crippen LogP contribution >= 0.6 is 0 Å². The molecule has 0 bridgehead atoms. The predicted molar refractivity (Wildman–Crippen MR) is 95.3 cm³/mol. The Balaban J connectivity index is 2.09. The maximum atomic E-state index is 13.0. The number of piperazine rings is 1. The molecule has 1 atom stereocenters. The van der Waals surface area contributed by atoms with E-state index in [2.05, 4.69) is 30.8 Å². The van der Waals surface area contributed by atoms with Crippen LogP contribution in [0.4, 0.5) is 0 Å². The molecular weight excluding hydrogens is 304 g/mol. The standard InChI is InChI=1S/C18H32N4O2/c1-6-16-13-20(8-9-21(16)14(3)4)18(23)17-12-15(5)19-22(17)10-11-24-7-2/h12,14,16H,6-11,13H2,1-5H3/t16-/m0/s1. The Kier molecular flexibility index (Phi) is 6.80. The zero-order valence-electron chi connectivity index (χ0n) is 15.8. The number of nitrogens with zero attached hydrogens (tertiary/aromatic N) is 4. The predicted octanol–water partition coefficient (Wildman–Crippen LogP) is 2.17. The molecule has 1 aromatic rings. The number of rotatable bonds is 7. The monoisotopic (exact) mass is 336 g/mol. The molecule has 136 valence electrons. The van der Waals surface area contributed by atoms with Crippen LogP contribution in [0.5, 0.6) is 0 Å². The smallest absolute Gasteiger partial charge is 0.272 e. The van der Waals surface area contributed by atoms with Crippen LogP contribution in [0, 0.1) is 6.92 Å². The number of aryl methyl sites for hydroxylation is 1. The van der Waals surface area contributed by atoms with Gasteiger partial charge in [0.2, 0.25) is 0 Å². The van der Waals surface area contributed by atoms with Crippen molar-refractivity contribution in [3.05, 3.63) is 17.5 Å². The van der Waals surface area contributed by atoms with E-state index in [0.29, 0.717) is 37.5 Å². The number of carbonyl (C=O) groups excluding carboxylic acids is 1. The van der Waals surface area contributed by atoms with Crippen LogP contribution in [0.3, 0.4) is 0 Å². The maximum absolute atomic E-state index is 13.0. The van der Waals surface area contributed by atoms with Gasteiger partial charge in [0.25, 0.3) is 5.91 Å². The van der Waals surface area contributed by atoms with Gasteiger partial charge in [-0.05, 0) is 40.2 Å². The first kappa shape index (κ1) is 18.9. The van der Waals surface area contributed by atoms with Gasteiger partial charge in [-0.15, -0.1) is 0 Å². The lowest BCUT2D eigenvalue weighted by Crippen LogP contribution is -2.56. The van der Waals surface area contributed by atoms with Crippen LogP contribution in [0.25, 0.3) is 0 Å². The van der Waals surface area contributed by atoms with Crippen molar-refractivity contribution in [1.29, 1.82) is 0 Å². The Morgan fingerprint density at radius 3 is 2.75 bits per heavy atom. The molecule has 1 aliphatic rings. The van der Waals surface area contributed by atoms with Crippen molar-refractivity contribution in [2.45, 2.75) is 59.7 Å². The van der Waals surface area contributed by atoms with E-state index in [9.17, 15) is 4.79 Å². The average Bonchev–Trinajstić information content (AvgIpc) is 2.94. The molecule has 2 rings (SSSR count). The maximum Gasteiger partial charge on any atom is 0.272 e. The van der Waals surface area contributed by atoms with Crippen molar-refractivity contribution in [3.8, 4) is 0 Å². The fourth-order valence-corrected chi connectivity index (χ4v) is 3.44. The number of aromatic nitrogens is 2. The topological polar surface area (TPSA) is 50.6 Å². The van der Waals surface area contributed by atoms with E-state index in [0.717, 1.165) is 31.7 Å². The first-order valence-corrected chi connectivity index (χ1v) is 9.15.